The van der Waals surface area contributed by atoms with Crippen molar-refractivity contribution in [3.63, 3.8) is 0 Å². The zero-order chi connectivity index (χ0) is 15.8. The van der Waals surface area contributed by atoms with Crippen LogP contribution in [0.3, 0.4) is 0 Å². The zero-order valence-corrected chi connectivity index (χ0v) is 13.5. The Kier molecular flexibility index (Phi) is 6.10. The van der Waals surface area contributed by atoms with Gasteiger partial charge in [0.25, 0.3) is 0 Å². The van der Waals surface area contributed by atoms with Crippen LogP contribution in [0.1, 0.15) is 11.1 Å². The van der Waals surface area contributed by atoms with Crippen molar-refractivity contribution in [1.29, 1.82) is 0 Å². The molecule has 0 spiro atoms. The van der Waals surface area contributed by atoms with E-state index < -0.39 is 0 Å². The number of benzene rings is 2. The number of rotatable bonds is 8. The fraction of sp³-hybridized carbons (Fsp3) is 0.333. The minimum absolute atomic E-state index is 0.768. The van der Waals surface area contributed by atoms with E-state index in [-0.39, 0.29) is 0 Å². The van der Waals surface area contributed by atoms with Gasteiger partial charge in [-0.2, -0.15) is 0 Å². The summed E-state index contributed by atoms with van der Waals surface area (Å²) in [6, 6.07) is 14.3. The zero-order valence-electron chi connectivity index (χ0n) is 13.5. The van der Waals surface area contributed by atoms with Crippen molar-refractivity contribution in [2.75, 3.05) is 27.9 Å². The molecule has 22 heavy (non-hydrogen) atoms. The number of methoxy groups -OCH3 is 3. The monoisotopic (exact) mass is 302 g/mol. The Morgan fingerprint density at radius 3 is 2.09 bits per heavy atom. The normalized spacial score (nSPS) is 10.3. The van der Waals surface area contributed by atoms with Crippen LogP contribution in [0, 0.1) is 0 Å². The van der Waals surface area contributed by atoms with Crippen LogP contribution in [-0.4, -0.2) is 27.9 Å². The van der Waals surface area contributed by atoms with E-state index in [1.54, 1.807) is 21.3 Å². The second-order valence-corrected chi connectivity index (χ2v) is 5.07. The van der Waals surface area contributed by atoms with E-state index in [1.165, 1.54) is 11.1 Å². The lowest BCUT2D eigenvalue weighted by molar-refractivity contribution is -0.670. The van der Waals surface area contributed by atoms with Crippen LogP contribution < -0.4 is 19.5 Å². The van der Waals surface area contributed by atoms with Crippen LogP contribution >= 0.6 is 0 Å². The van der Waals surface area contributed by atoms with E-state index in [9.17, 15) is 0 Å². The number of hydrogen-bond acceptors (Lipinski definition) is 3. The number of quaternary nitrogens is 1. The predicted molar refractivity (Wildman–Crippen MR) is 86.7 cm³/mol. The molecule has 0 aromatic heterocycles. The van der Waals surface area contributed by atoms with Crippen molar-refractivity contribution in [3.8, 4) is 17.2 Å². The maximum absolute atomic E-state index is 5.32. The molecule has 0 aliphatic rings. The highest BCUT2D eigenvalue weighted by Gasteiger charge is 2.05. The summed E-state index contributed by atoms with van der Waals surface area (Å²) in [6.07, 6.45) is 1.04. The second kappa shape index (κ2) is 8.29. The average molecular weight is 302 g/mol. The van der Waals surface area contributed by atoms with Crippen LogP contribution in [-0.2, 0) is 13.0 Å². The summed E-state index contributed by atoms with van der Waals surface area (Å²) < 4.78 is 15.7. The van der Waals surface area contributed by atoms with Gasteiger partial charge in [-0.1, -0.05) is 12.1 Å². The summed E-state index contributed by atoms with van der Waals surface area (Å²) in [6.45, 7) is 1.97. The Labute approximate surface area is 132 Å². The fourth-order valence-corrected chi connectivity index (χ4v) is 2.34. The van der Waals surface area contributed by atoms with Crippen LogP contribution in [0.4, 0.5) is 0 Å². The topological polar surface area (TPSA) is 44.3 Å². The first-order valence-corrected chi connectivity index (χ1v) is 7.42. The fourth-order valence-electron chi connectivity index (χ4n) is 2.34. The van der Waals surface area contributed by atoms with Gasteiger partial charge in [-0.15, -0.1) is 0 Å². The quantitative estimate of drug-likeness (QED) is 0.759. The van der Waals surface area contributed by atoms with Crippen molar-refractivity contribution in [1.82, 2.24) is 0 Å². The van der Waals surface area contributed by atoms with E-state index in [0.29, 0.717) is 0 Å². The number of hydrogen-bond donors (Lipinski definition) is 1. The summed E-state index contributed by atoms with van der Waals surface area (Å²) in [4.78, 5) is 0. The smallest absolute Gasteiger partial charge is 0.161 e. The Hall–Kier alpha value is -2.20. The molecular weight excluding hydrogens is 278 g/mol. The van der Waals surface area contributed by atoms with Crippen molar-refractivity contribution in [3.05, 3.63) is 53.6 Å². The van der Waals surface area contributed by atoms with Crippen LogP contribution in [0.15, 0.2) is 42.5 Å². The van der Waals surface area contributed by atoms with E-state index in [1.807, 2.05) is 24.3 Å². The van der Waals surface area contributed by atoms with Crippen LogP contribution in [0.2, 0.25) is 0 Å². The largest absolute Gasteiger partial charge is 0.497 e. The molecule has 0 atom stereocenters. The van der Waals surface area contributed by atoms with Gasteiger partial charge in [-0.25, -0.2) is 0 Å². The molecule has 0 bridgehead atoms. The summed E-state index contributed by atoms with van der Waals surface area (Å²) in [5.74, 6) is 2.45. The lowest BCUT2D eigenvalue weighted by atomic mass is 10.1. The van der Waals surface area contributed by atoms with Gasteiger partial charge in [0, 0.05) is 12.0 Å². The molecule has 0 aliphatic heterocycles. The van der Waals surface area contributed by atoms with E-state index >= 15 is 0 Å². The third-order valence-corrected chi connectivity index (χ3v) is 3.62. The summed E-state index contributed by atoms with van der Waals surface area (Å²) in [7, 11) is 5.00. The molecule has 118 valence electrons. The number of ether oxygens (including phenoxy) is 3. The lowest BCUT2D eigenvalue weighted by Gasteiger charge is -2.09. The molecule has 2 N–H and O–H groups in total. The maximum atomic E-state index is 5.32. The molecule has 0 amide bonds. The number of nitrogens with two attached hydrogens (primary N) is 1. The molecular formula is C18H24NO3+. The third kappa shape index (κ3) is 4.40. The van der Waals surface area contributed by atoms with Crippen LogP contribution in [0.25, 0.3) is 0 Å². The molecule has 2 aromatic carbocycles. The van der Waals surface area contributed by atoms with Gasteiger partial charge < -0.3 is 19.5 Å². The maximum Gasteiger partial charge on any atom is 0.161 e. The summed E-state index contributed by atoms with van der Waals surface area (Å²) >= 11 is 0. The molecule has 0 unspecified atom stereocenters. The van der Waals surface area contributed by atoms with E-state index in [4.69, 9.17) is 14.2 Å². The lowest BCUT2D eigenvalue weighted by Crippen LogP contribution is -2.83. The standard InChI is InChI=1S/C18H23NO3/c1-20-16-7-4-14(5-8-16)10-11-19-13-15-6-9-17(21-2)18(12-15)22-3/h4-9,12,19H,10-11,13H2,1-3H3/p+1. The Balaban J connectivity index is 1.80. The highest BCUT2D eigenvalue weighted by Crippen LogP contribution is 2.27. The minimum Gasteiger partial charge on any atom is -0.497 e. The molecule has 0 saturated heterocycles. The predicted octanol–water partition coefficient (Wildman–Crippen LogP) is 2.02. The van der Waals surface area contributed by atoms with Gasteiger partial charge in [-0.05, 0) is 35.9 Å². The van der Waals surface area contributed by atoms with Crippen molar-refractivity contribution < 1.29 is 19.5 Å². The van der Waals surface area contributed by atoms with Gasteiger partial charge in [0.2, 0.25) is 0 Å². The Bertz CT molecular complexity index is 581. The van der Waals surface area contributed by atoms with Gasteiger partial charge in [0.15, 0.2) is 11.5 Å². The first-order valence-electron chi connectivity index (χ1n) is 7.42. The van der Waals surface area contributed by atoms with Crippen molar-refractivity contribution in [2.24, 2.45) is 0 Å². The Morgan fingerprint density at radius 2 is 1.45 bits per heavy atom. The molecule has 0 heterocycles. The van der Waals surface area contributed by atoms with Gasteiger partial charge in [0.05, 0.1) is 27.9 Å². The second-order valence-electron chi connectivity index (χ2n) is 5.07. The molecule has 4 nitrogen and oxygen atoms in total. The molecule has 0 radical (unpaired) electrons. The van der Waals surface area contributed by atoms with Gasteiger partial charge in [0.1, 0.15) is 12.3 Å². The third-order valence-electron chi connectivity index (χ3n) is 3.62. The molecule has 2 aromatic rings. The minimum atomic E-state index is 0.768. The highest BCUT2D eigenvalue weighted by molar-refractivity contribution is 5.42. The van der Waals surface area contributed by atoms with Crippen molar-refractivity contribution in [2.45, 2.75) is 13.0 Å². The molecule has 2 rings (SSSR count). The summed E-state index contributed by atoms with van der Waals surface area (Å²) in [5, 5.41) is 2.30. The van der Waals surface area contributed by atoms with E-state index in [0.717, 1.165) is 36.8 Å². The van der Waals surface area contributed by atoms with Crippen LogP contribution in [0.5, 0.6) is 17.2 Å². The molecule has 0 aliphatic carbocycles. The first kappa shape index (κ1) is 16.2. The molecule has 0 saturated carbocycles. The average Bonchev–Trinajstić information content (AvgIpc) is 2.59. The van der Waals surface area contributed by atoms with Gasteiger partial charge in [-0.3, -0.25) is 0 Å². The Morgan fingerprint density at radius 1 is 0.773 bits per heavy atom. The molecule has 0 fully saturated rings. The summed E-state index contributed by atoms with van der Waals surface area (Å²) in [5.41, 5.74) is 2.55. The van der Waals surface area contributed by atoms with Crippen molar-refractivity contribution >= 4 is 0 Å². The molecule has 4 heteroatoms. The van der Waals surface area contributed by atoms with E-state index in [2.05, 4.69) is 23.5 Å². The highest BCUT2D eigenvalue weighted by atomic mass is 16.5. The first-order chi connectivity index (χ1) is 10.8. The van der Waals surface area contributed by atoms with Gasteiger partial charge >= 0.3 is 0 Å². The SMILES string of the molecule is COc1ccc(CC[NH2+]Cc2ccc(OC)c(OC)c2)cc1.